The SMILES string of the molecule is CN1CCn2c1c(Nc1ccnc3[nH]ccc13)cc(-c1ccc(F)c(Cl)c1)c2=O. The molecule has 0 bridgehead atoms. The topological polar surface area (TPSA) is 66.0 Å². The van der Waals surface area contributed by atoms with Gasteiger partial charge < -0.3 is 15.2 Å². The molecule has 6 nitrogen and oxygen atoms in total. The number of fused-ring (bicyclic) bond motifs is 2. The Hall–Kier alpha value is -3.32. The van der Waals surface area contributed by atoms with Crippen LogP contribution in [0, 0.1) is 5.82 Å². The van der Waals surface area contributed by atoms with Gasteiger partial charge >= 0.3 is 0 Å². The molecule has 0 saturated carbocycles. The molecule has 0 spiro atoms. The van der Waals surface area contributed by atoms with Crippen molar-refractivity contribution in [1.82, 2.24) is 14.5 Å². The first kappa shape index (κ1) is 17.8. The van der Waals surface area contributed by atoms with Crippen LogP contribution in [-0.2, 0) is 6.54 Å². The summed E-state index contributed by atoms with van der Waals surface area (Å²) < 4.78 is 15.4. The summed E-state index contributed by atoms with van der Waals surface area (Å²) in [5.41, 5.74) is 3.36. The standard InChI is InChI=1S/C21H17ClFN5O/c1-27-8-9-28-20(27)18(26-17-5-7-25-19-13(17)4-6-24-19)11-14(21(28)29)12-2-3-16(23)15(22)10-12/h2-7,10-11H,8-9H2,1H3,(H2,24,25,26). The second-order valence-corrected chi connectivity index (χ2v) is 7.43. The van der Waals surface area contributed by atoms with E-state index in [2.05, 4.69) is 15.3 Å². The molecule has 3 aromatic heterocycles. The lowest BCUT2D eigenvalue weighted by Crippen LogP contribution is -2.21. The molecule has 4 heterocycles. The Balaban J connectivity index is 1.70. The second kappa shape index (κ2) is 6.63. The van der Waals surface area contributed by atoms with Gasteiger partial charge in [0.05, 0.1) is 16.4 Å². The van der Waals surface area contributed by atoms with E-state index in [1.54, 1.807) is 22.9 Å². The summed E-state index contributed by atoms with van der Waals surface area (Å²) in [4.78, 5) is 22.6. The predicted molar refractivity (Wildman–Crippen MR) is 114 cm³/mol. The minimum Gasteiger partial charge on any atom is -0.357 e. The monoisotopic (exact) mass is 409 g/mol. The molecule has 8 heteroatoms. The number of likely N-dealkylation sites (N-methyl/N-ethyl adjacent to an activating group) is 1. The number of pyridine rings is 2. The zero-order valence-corrected chi connectivity index (χ0v) is 16.3. The van der Waals surface area contributed by atoms with Crippen molar-refractivity contribution in [2.24, 2.45) is 0 Å². The molecule has 0 saturated heterocycles. The summed E-state index contributed by atoms with van der Waals surface area (Å²) in [5.74, 6) is 0.300. The molecule has 1 aromatic carbocycles. The number of halogens is 2. The molecule has 1 aliphatic heterocycles. The zero-order valence-electron chi connectivity index (χ0n) is 15.5. The summed E-state index contributed by atoms with van der Waals surface area (Å²) in [6.45, 7) is 1.31. The Labute approximate surface area is 170 Å². The van der Waals surface area contributed by atoms with Crippen molar-refractivity contribution >= 4 is 39.8 Å². The molecule has 0 atom stereocenters. The fraction of sp³-hybridized carbons (Fsp3) is 0.143. The molecule has 2 N–H and O–H groups in total. The predicted octanol–water partition coefficient (Wildman–Crippen LogP) is 4.38. The first-order valence-electron chi connectivity index (χ1n) is 9.16. The van der Waals surface area contributed by atoms with E-state index < -0.39 is 5.82 Å². The van der Waals surface area contributed by atoms with Gasteiger partial charge in [-0.05, 0) is 35.9 Å². The van der Waals surface area contributed by atoms with Crippen molar-refractivity contribution in [3.05, 3.63) is 70.0 Å². The van der Waals surface area contributed by atoms with E-state index in [0.717, 1.165) is 34.8 Å². The average molecular weight is 410 g/mol. The van der Waals surface area contributed by atoms with Crippen molar-refractivity contribution in [3.63, 3.8) is 0 Å². The third kappa shape index (κ3) is 2.86. The smallest absolute Gasteiger partial charge is 0.260 e. The highest BCUT2D eigenvalue weighted by molar-refractivity contribution is 6.31. The Morgan fingerprint density at radius 1 is 1.17 bits per heavy atom. The Bertz CT molecular complexity index is 1310. The van der Waals surface area contributed by atoms with Crippen LogP contribution in [0.5, 0.6) is 0 Å². The minimum absolute atomic E-state index is 0.0119. The number of rotatable bonds is 3. The zero-order chi connectivity index (χ0) is 20.1. The molecular formula is C21H17ClFN5O. The van der Waals surface area contributed by atoms with E-state index >= 15 is 0 Å². The molecular weight excluding hydrogens is 393 g/mol. The Morgan fingerprint density at radius 2 is 2.03 bits per heavy atom. The van der Waals surface area contributed by atoms with Crippen LogP contribution in [0.2, 0.25) is 5.02 Å². The number of nitrogens with one attached hydrogen (secondary N) is 2. The Kier molecular flexibility index (Phi) is 4.06. The molecule has 1 aliphatic rings. The molecule has 146 valence electrons. The van der Waals surface area contributed by atoms with E-state index in [0.29, 0.717) is 17.7 Å². The fourth-order valence-corrected chi connectivity index (χ4v) is 3.99. The second-order valence-electron chi connectivity index (χ2n) is 7.03. The lowest BCUT2D eigenvalue weighted by atomic mass is 10.1. The third-order valence-electron chi connectivity index (χ3n) is 5.24. The van der Waals surface area contributed by atoms with Gasteiger partial charge in [0.25, 0.3) is 5.56 Å². The van der Waals surface area contributed by atoms with Gasteiger partial charge in [0, 0.05) is 43.5 Å². The summed E-state index contributed by atoms with van der Waals surface area (Å²) in [6.07, 6.45) is 3.56. The summed E-state index contributed by atoms with van der Waals surface area (Å²) in [5, 5.41) is 4.40. The number of nitrogens with zero attached hydrogens (tertiary/aromatic N) is 3. The van der Waals surface area contributed by atoms with Gasteiger partial charge in [-0.2, -0.15) is 0 Å². The number of anilines is 3. The van der Waals surface area contributed by atoms with Crippen LogP contribution in [0.4, 0.5) is 21.6 Å². The van der Waals surface area contributed by atoms with E-state index in [1.165, 1.54) is 12.1 Å². The van der Waals surface area contributed by atoms with Crippen molar-refractivity contribution in [1.29, 1.82) is 0 Å². The number of aromatic nitrogens is 3. The highest BCUT2D eigenvalue weighted by atomic mass is 35.5. The quantitative estimate of drug-likeness (QED) is 0.527. The molecule has 0 amide bonds. The fourth-order valence-electron chi connectivity index (χ4n) is 3.81. The van der Waals surface area contributed by atoms with Crippen molar-refractivity contribution in [3.8, 4) is 11.1 Å². The maximum absolute atomic E-state index is 13.6. The molecule has 0 unspecified atom stereocenters. The van der Waals surface area contributed by atoms with Gasteiger partial charge in [-0.1, -0.05) is 17.7 Å². The molecule has 0 fully saturated rings. The van der Waals surface area contributed by atoms with E-state index in [4.69, 9.17) is 11.6 Å². The number of hydrogen-bond donors (Lipinski definition) is 2. The van der Waals surface area contributed by atoms with Gasteiger partial charge in [-0.3, -0.25) is 9.36 Å². The van der Waals surface area contributed by atoms with Crippen LogP contribution < -0.4 is 15.8 Å². The van der Waals surface area contributed by atoms with Gasteiger partial charge in [0.1, 0.15) is 17.3 Å². The van der Waals surface area contributed by atoms with Crippen molar-refractivity contribution < 1.29 is 4.39 Å². The highest BCUT2D eigenvalue weighted by Gasteiger charge is 2.24. The summed E-state index contributed by atoms with van der Waals surface area (Å²) in [6, 6.07) is 9.98. The summed E-state index contributed by atoms with van der Waals surface area (Å²) >= 11 is 5.96. The number of benzene rings is 1. The molecule has 5 rings (SSSR count). The van der Waals surface area contributed by atoms with Crippen LogP contribution in [0.3, 0.4) is 0 Å². The first-order valence-corrected chi connectivity index (χ1v) is 9.54. The Morgan fingerprint density at radius 3 is 2.86 bits per heavy atom. The van der Waals surface area contributed by atoms with Crippen LogP contribution in [0.1, 0.15) is 0 Å². The van der Waals surface area contributed by atoms with Gasteiger partial charge in [0.15, 0.2) is 0 Å². The highest BCUT2D eigenvalue weighted by Crippen LogP contribution is 2.35. The third-order valence-corrected chi connectivity index (χ3v) is 5.53. The van der Waals surface area contributed by atoms with Crippen molar-refractivity contribution in [2.75, 3.05) is 23.8 Å². The maximum atomic E-state index is 13.6. The van der Waals surface area contributed by atoms with Gasteiger partial charge in [0.2, 0.25) is 0 Å². The number of hydrogen-bond acceptors (Lipinski definition) is 4. The summed E-state index contributed by atoms with van der Waals surface area (Å²) in [7, 11) is 1.95. The lowest BCUT2D eigenvalue weighted by molar-refractivity contribution is 0.628. The van der Waals surface area contributed by atoms with Crippen LogP contribution in [0.15, 0.2) is 53.6 Å². The van der Waals surface area contributed by atoms with Crippen LogP contribution >= 0.6 is 11.6 Å². The largest absolute Gasteiger partial charge is 0.357 e. The molecule has 0 radical (unpaired) electrons. The maximum Gasteiger partial charge on any atom is 0.260 e. The van der Waals surface area contributed by atoms with Crippen LogP contribution in [-0.4, -0.2) is 28.1 Å². The van der Waals surface area contributed by atoms with E-state index in [-0.39, 0.29) is 10.6 Å². The van der Waals surface area contributed by atoms with Gasteiger partial charge in [-0.25, -0.2) is 9.37 Å². The molecule has 0 aliphatic carbocycles. The van der Waals surface area contributed by atoms with E-state index in [1.807, 2.05) is 30.3 Å². The first-order chi connectivity index (χ1) is 14.0. The van der Waals surface area contributed by atoms with Crippen LogP contribution in [0.25, 0.3) is 22.2 Å². The number of aromatic amines is 1. The molecule has 29 heavy (non-hydrogen) atoms. The number of H-pyrrole nitrogens is 1. The lowest BCUT2D eigenvalue weighted by Gasteiger charge is -2.19. The minimum atomic E-state index is -0.513. The van der Waals surface area contributed by atoms with Crippen molar-refractivity contribution in [2.45, 2.75) is 6.54 Å². The van der Waals surface area contributed by atoms with Gasteiger partial charge in [-0.15, -0.1) is 0 Å². The van der Waals surface area contributed by atoms with E-state index in [9.17, 15) is 9.18 Å². The molecule has 4 aromatic rings. The normalized spacial score (nSPS) is 13.1. The average Bonchev–Trinajstić information content (AvgIpc) is 3.34.